The van der Waals surface area contributed by atoms with Crippen molar-refractivity contribution >= 4 is 22.8 Å². The summed E-state index contributed by atoms with van der Waals surface area (Å²) in [5.74, 6) is -1.93. The lowest BCUT2D eigenvalue weighted by Gasteiger charge is -2.17. The molecule has 0 saturated heterocycles. The average Bonchev–Trinajstić information content (AvgIpc) is 2.42. The Bertz CT molecular complexity index is 645. The first-order chi connectivity index (χ1) is 9.43. The molecule has 0 fully saturated rings. The number of carbonyl (C=O) groups excluding carboxylic acids is 2. The summed E-state index contributed by atoms with van der Waals surface area (Å²) >= 11 is 0. The number of benzene rings is 1. The highest BCUT2D eigenvalue weighted by molar-refractivity contribution is 6.35. The molecule has 1 aliphatic rings. The van der Waals surface area contributed by atoms with E-state index in [1.807, 2.05) is 19.0 Å². The largest absolute Gasteiger partial charge is 0.496 e. The molecule has 1 aromatic carbocycles. The van der Waals surface area contributed by atoms with Crippen molar-refractivity contribution < 1.29 is 18.7 Å². The molecular formula is C15H14FNO3. The molecule has 0 amide bonds. The Balaban J connectivity index is 2.51. The van der Waals surface area contributed by atoms with E-state index in [2.05, 4.69) is 0 Å². The smallest absolute Gasteiger partial charge is 0.215 e. The van der Waals surface area contributed by atoms with Gasteiger partial charge in [-0.1, -0.05) is 0 Å². The van der Waals surface area contributed by atoms with Crippen LogP contribution in [-0.4, -0.2) is 32.8 Å². The number of halogens is 1. The van der Waals surface area contributed by atoms with Gasteiger partial charge in [-0.25, -0.2) is 4.39 Å². The average molecular weight is 275 g/mol. The molecule has 104 valence electrons. The molecule has 0 atom stereocenters. The number of methoxy groups -OCH3 is 1. The highest BCUT2D eigenvalue weighted by atomic mass is 19.1. The van der Waals surface area contributed by atoms with Crippen LogP contribution in [0.25, 0.3) is 5.57 Å². The van der Waals surface area contributed by atoms with E-state index in [-0.39, 0.29) is 5.57 Å². The molecule has 0 aliphatic heterocycles. The van der Waals surface area contributed by atoms with Gasteiger partial charge in [0.15, 0.2) is 11.6 Å². The SMILES string of the molecule is COc1cc(N(C)C)ccc1C1=CC(=O)C(F)=CC1=O. The van der Waals surface area contributed by atoms with E-state index in [0.717, 1.165) is 11.8 Å². The lowest BCUT2D eigenvalue weighted by molar-refractivity contribution is -0.115. The molecule has 0 spiro atoms. The van der Waals surface area contributed by atoms with E-state index in [4.69, 9.17) is 4.74 Å². The molecule has 1 aromatic rings. The third-order valence-corrected chi connectivity index (χ3v) is 3.03. The fourth-order valence-electron chi connectivity index (χ4n) is 1.93. The van der Waals surface area contributed by atoms with Crippen LogP contribution in [0.5, 0.6) is 5.75 Å². The maximum Gasteiger partial charge on any atom is 0.215 e. The minimum Gasteiger partial charge on any atom is -0.496 e. The Morgan fingerprint density at radius 2 is 1.80 bits per heavy atom. The van der Waals surface area contributed by atoms with Crippen molar-refractivity contribution in [2.75, 3.05) is 26.1 Å². The Morgan fingerprint density at radius 3 is 2.40 bits per heavy atom. The van der Waals surface area contributed by atoms with Gasteiger partial charge >= 0.3 is 0 Å². The highest BCUT2D eigenvalue weighted by Gasteiger charge is 2.23. The van der Waals surface area contributed by atoms with Gasteiger partial charge in [0.2, 0.25) is 5.78 Å². The molecule has 1 aliphatic carbocycles. The van der Waals surface area contributed by atoms with Gasteiger partial charge in [-0.15, -0.1) is 0 Å². The topological polar surface area (TPSA) is 46.6 Å². The van der Waals surface area contributed by atoms with Gasteiger partial charge in [0.25, 0.3) is 0 Å². The summed E-state index contributed by atoms with van der Waals surface area (Å²) in [7, 11) is 5.23. The molecule has 0 heterocycles. The van der Waals surface area contributed by atoms with Crippen LogP contribution in [0.1, 0.15) is 5.56 Å². The van der Waals surface area contributed by atoms with Crippen molar-refractivity contribution in [3.8, 4) is 5.75 Å². The van der Waals surface area contributed by atoms with Gasteiger partial charge in [-0.05, 0) is 12.1 Å². The summed E-state index contributed by atoms with van der Waals surface area (Å²) in [5.41, 5.74) is 1.50. The molecule has 0 N–H and O–H groups in total. The lowest BCUT2D eigenvalue weighted by atomic mass is 9.95. The van der Waals surface area contributed by atoms with Gasteiger partial charge in [0, 0.05) is 49.1 Å². The van der Waals surface area contributed by atoms with Crippen LogP contribution in [0.2, 0.25) is 0 Å². The van der Waals surface area contributed by atoms with E-state index >= 15 is 0 Å². The van der Waals surface area contributed by atoms with Crippen LogP contribution >= 0.6 is 0 Å². The van der Waals surface area contributed by atoms with Crippen molar-refractivity contribution in [3.63, 3.8) is 0 Å². The molecule has 0 radical (unpaired) electrons. The van der Waals surface area contributed by atoms with Crippen molar-refractivity contribution in [2.45, 2.75) is 0 Å². The summed E-state index contributed by atoms with van der Waals surface area (Å²) in [5, 5.41) is 0. The monoisotopic (exact) mass is 275 g/mol. The van der Waals surface area contributed by atoms with E-state index in [1.165, 1.54) is 7.11 Å². The normalized spacial score (nSPS) is 14.8. The highest BCUT2D eigenvalue weighted by Crippen LogP contribution is 2.32. The summed E-state index contributed by atoms with van der Waals surface area (Å²) in [6, 6.07) is 5.23. The molecule has 5 heteroatoms. The van der Waals surface area contributed by atoms with Crippen LogP contribution in [-0.2, 0) is 9.59 Å². The van der Waals surface area contributed by atoms with E-state index in [1.54, 1.807) is 18.2 Å². The lowest BCUT2D eigenvalue weighted by Crippen LogP contribution is -2.12. The first-order valence-electron chi connectivity index (χ1n) is 5.97. The summed E-state index contributed by atoms with van der Waals surface area (Å²) in [4.78, 5) is 25.1. The Morgan fingerprint density at radius 1 is 1.10 bits per heavy atom. The van der Waals surface area contributed by atoms with Gasteiger partial charge in [-0.3, -0.25) is 9.59 Å². The number of hydrogen-bond donors (Lipinski definition) is 0. The fraction of sp³-hybridized carbons (Fsp3) is 0.200. The van der Waals surface area contributed by atoms with E-state index in [0.29, 0.717) is 17.4 Å². The number of nitrogens with zero attached hydrogens (tertiary/aromatic N) is 1. The first-order valence-corrected chi connectivity index (χ1v) is 5.97. The third-order valence-electron chi connectivity index (χ3n) is 3.03. The molecule has 0 saturated carbocycles. The van der Waals surface area contributed by atoms with Crippen molar-refractivity contribution in [1.82, 2.24) is 0 Å². The minimum atomic E-state index is -1.04. The number of anilines is 1. The van der Waals surface area contributed by atoms with E-state index in [9.17, 15) is 14.0 Å². The van der Waals surface area contributed by atoms with Gasteiger partial charge in [-0.2, -0.15) is 0 Å². The zero-order valence-electron chi connectivity index (χ0n) is 11.4. The number of allylic oxidation sites excluding steroid dienone is 4. The van der Waals surface area contributed by atoms with Crippen LogP contribution in [0.15, 0.2) is 36.2 Å². The predicted molar refractivity (Wildman–Crippen MR) is 74.5 cm³/mol. The van der Waals surface area contributed by atoms with Crippen molar-refractivity contribution in [3.05, 3.63) is 41.7 Å². The zero-order chi connectivity index (χ0) is 14.9. The number of ketones is 2. The summed E-state index contributed by atoms with van der Waals surface area (Å²) < 4.78 is 18.3. The first kappa shape index (κ1) is 14.0. The maximum absolute atomic E-state index is 13.1. The molecule has 0 unspecified atom stereocenters. The van der Waals surface area contributed by atoms with E-state index < -0.39 is 17.4 Å². The van der Waals surface area contributed by atoms with Crippen molar-refractivity contribution in [1.29, 1.82) is 0 Å². The standard InChI is InChI=1S/C15H14FNO3/c1-17(2)9-4-5-10(15(6-9)20-3)11-7-14(19)12(16)8-13(11)18/h4-8H,1-3H3. The molecule has 4 nitrogen and oxygen atoms in total. The fourth-order valence-corrected chi connectivity index (χ4v) is 1.93. The summed E-state index contributed by atoms with van der Waals surface area (Å²) in [6.07, 6.45) is 1.71. The Kier molecular flexibility index (Phi) is 3.70. The number of rotatable bonds is 3. The third kappa shape index (κ3) is 2.47. The Labute approximate surface area is 116 Å². The van der Waals surface area contributed by atoms with Crippen LogP contribution in [0, 0.1) is 0 Å². The number of hydrogen-bond acceptors (Lipinski definition) is 4. The second-order valence-electron chi connectivity index (χ2n) is 4.56. The molecule has 0 bridgehead atoms. The van der Waals surface area contributed by atoms with Gasteiger partial charge in [0.05, 0.1) is 7.11 Å². The summed E-state index contributed by atoms with van der Waals surface area (Å²) in [6.45, 7) is 0. The Hall–Kier alpha value is -2.43. The molecular weight excluding hydrogens is 261 g/mol. The predicted octanol–water partition coefficient (Wildman–Crippen LogP) is 2.15. The van der Waals surface area contributed by atoms with Crippen LogP contribution in [0.3, 0.4) is 0 Å². The maximum atomic E-state index is 13.1. The van der Waals surface area contributed by atoms with Crippen LogP contribution in [0.4, 0.5) is 10.1 Å². The van der Waals surface area contributed by atoms with Gasteiger partial charge < -0.3 is 9.64 Å². The minimum absolute atomic E-state index is 0.138. The molecule has 0 aromatic heterocycles. The van der Waals surface area contributed by atoms with Gasteiger partial charge in [0.1, 0.15) is 5.75 Å². The second-order valence-corrected chi connectivity index (χ2v) is 4.56. The van der Waals surface area contributed by atoms with Crippen molar-refractivity contribution in [2.24, 2.45) is 0 Å². The quantitative estimate of drug-likeness (QED) is 0.793. The second kappa shape index (κ2) is 5.28. The zero-order valence-corrected chi connectivity index (χ0v) is 11.4. The van der Waals surface area contributed by atoms with Crippen LogP contribution < -0.4 is 9.64 Å². The number of ether oxygens (including phenoxy) is 1. The molecule has 20 heavy (non-hydrogen) atoms. The molecule has 2 rings (SSSR count). The number of carbonyl (C=O) groups is 2.